The molecule has 3 rings (SSSR count). The van der Waals surface area contributed by atoms with Crippen molar-refractivity contribution < 1.29 is 19.4 Å². The molecule has 0 unspecified atom stereocenters. The number of hydrogen-bond acceptors (Lipinski definition) is 4. The smallest absolute Gasteiger partial charge is 0.335 e. The number of aromatic carboxylic acids is 1. The first-order chi connectivity index (χ1) is 14.7. The molecule has 1 heterocycles. The highest BCUT2D eigenvalue weighted by Gasteiger charge is 2.14. The van der Waals surface area contributed by atoms with Gasteiger partial charge in [0.05, 0.1) is 22.5 Å². The molecule has 0 aliphatic heterocycles. The fourth-order valence-corrected chi connectivity index (χ4v) is 3.85. The molecule has 1 aromatic heterocycles. The number of carboxylic acids is 1. The minimum atomic E-state index is -0.972. The van der Waals surface area contributed by atoms with Crippen LogP contribution in [0.5, 0.6) is 5.75 Å². The number of carboxylic acid groups (broad SMARTS) is 1. The molecule has 0 spiro atoms. The molecule has 8 heteroatoms. The van der Waals surface area contributed by atoms with Crippen LogP contribution in [0.25, 0.3) is 5.69 Å². The lowest BCUT2D eigenvalue weighted by Crippen LogP contribution is -2.17. The highest BCUT2D eigenvalue weighted by atomic mass is 127. The van der Waals surface area contributed by atoms with Crippen LogP contribution in [0, 0.1) is 24.3 Å². The van der Waals surface area contributed by atoms with E-state index in [0.29, 0.717) is 11.3 Å². The number of carbonyl (C=O) groups excluding carboxylic acids is 1. The van der Waals surface area contributed by atoms with Crippen LogP contribution in [-0.4, -0.2) is 34.9 Å². The number of halogens is 1. The number of carbonyl (C=O) groups is 2. The molecule has 160 valence electrons. The molecule has 1 amide bonds. The number of hydrazone groups is 1. The Hall–Kier alpha value is -3.14. The fraction of sp³-hybridized carbons (Fsp3) is 0.174. The van der Waals surface area contributed by atoms with E-state index in [1.807, 2.05) is 31.4 Å². The van der Waals surface area contributed by atoms with E-state index in [1.54, 1.807) is 49.7 Å². The Labute approximate surface area is 193 Å². The first-order valence-electron chi connectivity index (χ1n) is 9.43. The second-order valence-electron chi connectivity index (χ2n) is 7.02. The third-order valence-corrected chi connectivity index (χ3v) is 5.84. The van der Waals surface area contributed by atoms with Gasteiger partial charge in [0.1, 0.15) is 5.75 Å². The number of benzene rings is 2. The minimum absolute atomic E-state index is 0.225. The molecule has 0 fully saturated rings. The summed E-state index contributed by atoms with van der Waals surface area (Å²) < 4.78 is 8.14. The van der Waals surface area contributed by atoms with Crippen LogP contribution >= 0.6 is 22.6 Å². The Morgan fingerprint density at radius 1 is 1.10 bits per heavy atom. The van der Waals surface area contributed by atoms with Crippen molar-refractivity contribution in [2.75, 3.05) is 7.11 Å². The predicted molar refractivity (Wildman–Crippen MR) is 128 cm³/mol. The maximum absolute atomic E-state index is 12.4. The lowest BCUT2D eigenvalue weighted by Gasteiger charge is -2.13. The number of nitrogens with zero attached hydrogens (tertiary/aromatic N) is 2. The van der Waals surface area contributed by atoms with E-state index < -0.39 is 5.97 Å². The van der Waals surface area contributed by atoms with Crippen molar-refractivity contribution >= 4 is 40.7 Å². The number of amides is 1. The molecular weight excluding hydrogens is 509 g/mol. The summed E-state index contributed by atoms with van der Waals surface area (Å²) in [6.07, 6.45) is 1.58. The lowest BCUT2D eigenvalue weighted by molar-refractivity contribution is 0.0696. The number of rotatable bonds is 6. The molecule has 0 aliphatic rings. The highest BCUT2D eigenvalue weighted by molar-refractivity contribution is 14.1. The summed E-state index contributed by atoms with van der Waals surface area (Å²) in [6, 6.07) is 12.2. The van der Waals surface area contributed by atoms with Gasteiger partial charge in [0.2, 0.25) is 0 Å². The summed E-state index contributed by atoms with van der Waals surface area (Å²) in [4.78, 5) is 23.8. The Morgan fingerprint density at radius 3 is 2.48 bits per heavy atom. The molecular formula is C23H22IN3O4. The number of hydrogen-bond donors (Lipinski definition) is 2. The van der Waals surface area contributed by atoms with Gasteiger partial charge in [-0.15, -0.1) is 0 Å². The van der Waals surface area contributed by atoms with E-state index in [4.69, 9.17) is 4.74 Å². The van der Waals surface area contributed by atoms with Crippen LogP contribution in [0.3, 0.4) is 0 Å². The zero-order chi connectivity index (χ0) is 22.7. The molecule has 31 heavy (non-hydrogen) atoms. The third kappa shape index (κ3) is 4.79. The van der Waals surface area contributed by atoms with E-state index in [0.717, 1.165) is 31.8 Å². The Balaban J connectivity index is 1.85. The first kappa shape index (κ1) is 22.5. The molecule has 3 aromatic rings. The van der Waals surface area contributed by atoms with Gasteiger partial charge in [-0.25, -0.2) is 10.2 Å². The van der Waals surface area contributed by atoms with Gasteiger partial charge in [-0.2, -0.15) is 5.10 Å². The monoisotopic (exact) mass is 531 g/mol. The van der Waals surface area contributed by atoms with Crippen LogP contribution in [0.1, 0.15) is 43.2 Å². The minimum Gasteiger partial charge on any atom is -0.496 e. The van der Waals surface area contributed by atoms with Crippen molar-refractivity contribution in [2.45, 2.75) is 20.8 Å². The zero-order valence-electron chi connectivity index (χ0n) is 17.6. The van der Waals surface area contributed by atoms with Crippen molar-refractivity contribution in [1.29, 1.82) is 0 Å². The molecule has 0 radical (unpaired) electrons. The van der Waals surface area contributed by atoms with Crippen molar-refractivity contribution in [2.24, 2.45) is 5.10 Å². The van der Waals surface area contributed by atoms with Crippen molar-refractivity contribution in [3.8, 4) is 11.4 Å². The van der Waals surface area contributed by atoms with Gasteiger partial charge < -0.3 is 14.4 Å². The van der Waals surface area contributed by atoms with E-state index in [9.17, 15) is 14.7 Å². The zero-order valence-corrected chi connectivity index (χ0v) is 19.7. The van der Waals surface area contributed by atoms with E-state index in [1.165, 1.54) is 0 Å². The van der Waals surface area contributed by atoms with Crippen molar-refractivity contribution in [1.82, 2.24) is 9.99 Å². The predicted octanol–water partition coefficient (Wildman–Crippen LogP) is 4.48. The Morgan fingerprint density at radius 2 is 1.81 bits per heavy atom. The lowest BCUT2D eigenvalue weighted by atomic mass is 10.1. The molecule has 0 atom stereocenters. The van der Waals surface area contributed by atoms with Crippen LogP contribution in [-0.2, 0) is 0 Å². The van der Waals surface area contributed by atoms with E-state index >= 15 is 0 Å². The Bertz CT molecular complexity index is 1200. The van der Waals surface area contributed by atoms with Crippen LogP contribution < -0.4 is 10.2 Å². The number of aryl methyl sites for hydroxylation is 2. The molecule has 0 saturated carbocycles. The van der Waals surface area contributed by atoms with Gasteiger partial charge in [-0.3, -0.25) is 4.79 Å². The normalized spacial score (nSPS) is 11.0. The quantitative estimate of drug-likeness (QED) is 0.279. The standard InChI is InChI=1S/C23H22IN3O4/c1-13-5-6-17(23(29)30)10-20(13)27-14(2)9-18(15(27)3)12-25-26-22(28)16-7-8-19(24)21(11-16)31-4/h5-12H,1-4H3,(H,26,28)(H,29,30)/b25-12-. The number of methoxy groups -OCH3 is 1. The maximum Gasteiger partial charge on any atom is 0.335 e. The summed E-state index contributed by atoms with van der Waals surface area (Å²) in [7, 11) is 1.56. The number of aromatic nitrogens is 1. The summed E-state index contributed by atoms with van der Waals surface area (Å²) in [5.74, 6) is -0.690. The molecule has 0 bridgehead atoms. The summed E-state index contributed by atoms with van der Waals surface area (Å²) in [6.45, 7) is 5.80. The SMILES string of the molecule is COc1cc(C(=O)N/N=C\c2cc(C)n(-c3cc(C(=O)O)ccc3C)c2C)ccc1I. The van der Waals surface area contributed by atoms with Crippen molar-refractivity contribution in [3.63, 3.8) is 0 Å². The van der Waals surface area contributed by atoms with E-state index in [-0.39, 0.29) is 11.5 Å². The van der Waals surface area contributed by atoms with Crippen LogP contribution in [0.4, 0.5) is 0 Å². The van der Waals surface area contributed by atoms with Gasteiger partial charge in [0, 0.05) is 28.2 Å². The van der Waals surface area contributed by atoms with Gasteiger partial charge in [0.15, 0.2) is 0 Å². The number of nitrogens with one attached hydrogen (secondary N) is 1. The third-order valence-electron chi connectivity index (χ3n) is 4.95. The van der Waals surface area contributed by atoms with Crippen LogP contribution in [0.15, 0.2) is 47.6 Å². The van der Waals surface area contributed by atoms with E-state index in [2.05, 4.69) is 33.1 Å². The first-order valence-corrected chi connectivity index (χ1v) is 10.5. The van der Waals surface area contributed by atoms with Gasteiger partial charge in [-0.1, -0.05) is 6.07 Å². The summed E-state index contributed by atoms with van der Waals surface area (Å²) >= 11 is 2.14. The van der Waals surface area contributed by atoms with Gasteiger partial charge in [0.25, 0.3) is 5.91 Å². The summed E-state index contributed by atoms with van der Waals surface area (Å²) in [5, 5.41) is 13.4. The second kappa shape index (κ2) is 9.34. The van der Waals surface area contributed by atoms with Crippen molar-refractivity contribution in [3.05, 3.63) is 79.7 Å². The van der Waals surface area contributed by atoms with Gasteiger partial charge >= 0.3 is 5.97 Å². The molecule has 2 N–H and O–H groups in total. The summed E-state index contributed by atoms with van der Waals surface area (Å²) in [5.41, 5.74) is 7.59. The second-order valence-corrected chi connectivity index (χ2v) is 8.18. The van der Waals surface area contributed by atoms with Gasteiger partial charge in [-0.05, 0) is 85.3 Å². The maximum atomic E-state index is 12.4. The topological polar surface area (TPSA) is 92.9 Å². The van der Waals surface area contributed by atoms with Crippen LogP contribution in [0.2, 0.25) is 0 Å². The number of ether oxygens (including phenoxy) is 1. The Kier molecular flexibility index (Phi) is 6.79. The highest BCUT2D eigenvalue weighted by Crippen LogP contribution is 2.24. The average Bonchev–Trinajstić information content (AvgIpc) is 3.01. The molecule has 2 aromatic carbocycles. The average molecular weight is 531 g/mol. The molecule has 7 nitrogen and oxygen atoms in total. The largest absolute Gasteiger partial charge is 0.496 e. The fourth-order valence-electron chi connectivity index (χ4n) is 3.30. The molecule has 0 aliphatic carbocycles. The molecule has 0 saturated heterocycles.